The number of hydrogen-bond acceptors (Lipinski definition) is 1. The number of rotatable bonds is 0. The van der Waals surface area contributed by atoms with Gasteiger partial charge in [-0.2, -0.15) is 5.26 Å². The van der Waals surface area contributed by atoms with Crippen LogP contribution in [0.4, 0.5) is 14.5 Å². The first-order valence-electron chi connectivity index (χ1n) is 8.10. The normalized spacial score (nSPS) is 9.14. The number of nitrogens with zero attached hydrogens (tertiary/aromatic N) is 2. The predicted octanol–water partition coefficient (Wildman–Crippen LogP) is 5.19. The fourth-order valence-electron chi connectivity index (χ4n) is 2.28. The SMILES string of the molecule is [C-]#[N+]c1ccc(C#Cc2ccc(C#Cc3ccc(C#N)c(F)c3)cc2)cc1F. The van der Waals surface area contributed by atoms with Crippen LogP contribution in [-0.4, -0.2) is 0 Å². The van der Waals surface area contributed by atoms with Gasteiger partial charge in [0.2, 0.25) is 5.69 Å². The van der Waals surface area contributed by atoms with Crippen LogP contribution in [0.2, 0.25) is 0 Å². The molecule has 0 radical (unpaired) electrons. The van der Waals surface area contributed by atoms with E-state index in [0.717, 1.165) is 11.1 Å². The van der Waals surface area contributed by atoms with Crippen molar-refractivity contribution in [2.45, 2.75) is 0 Å². The summed E-state index contributed by atoms with van der Waals surface area (Å²) in [7, 11) is 0. The molecule has 0 aliphatic rings. The van der Waals surface area contributed by atoms with E-state index in [1.54, 1.807) is 42.5 Å². The van der Waals surface area contributed by atoms with Gasteiger partial charge in [-0.25, -0.2) is 13.6 Å². The summed E-state index contributed by atoms with van der Waals surface area (Å²) in [6.07, 6.45) is 0. The fourth-order valence-corrected chi connectivity index (χ4v) is 2.28. The van der Waals surface area contributed by atoms with E-state index >= 15 is 0 Å². The third kappa shape index (κ3) is 4.42. The van der Waals surface area contributed by atoms with Crippen molar-refractivity contribution in [2.75, 3.05) is 0 Å². The van der Waals surface area contributed by atoms with E-state index in [2.05, 4.69) is 28.5 Å². The highest BCUT2D eigenvalue weighted by atomic mass is 19.1. The summed E-state index contributed by atoms with van der Waals surface area (Å²) in [5.41, 5.74) is 2.36. The van der Waals surface area contributed by atoms with Crippen LogP contribution in [0, 0.1) is 53.2 Å². The second-order valence-corrected chi connectivity index (χ2v) is 5.66. The average Bonchev–Trinajstić information content (AvgIpc) is 2.71. The molecule has 4 heteroatoms. The summed E-state index contributed by atoms with van der Waals surface area (Å²) >= 11 is 0. The van der Waals surface area contributed by atoms with Gasteiger partial charge in [0.25, 0.3) is 0 Å². The van der Waals surface area contributed by atoms with Crippen molar-refractivity contribution >= 4 is 5.69 Å². The quantitative estimate of drug-likeness (QED) is 0.399. The first-order valence-corrected chi connectivity index (χ1v) is 8.10. The van der Waals surface area contributed by atoms with Crippen LogP contribution in [0.1, 0.15) is 27.8 Å². The molecule has 0 unspecified atom stereocenters. The first kappa shape index (κ1) is 18.4. The summed E-state index contributed by atoms with van der Waals surface area (Å²) in [5, 5.41) is 8.73. The van der Waals surface area contributed by atoms with Gasteiger partial charge in [-0.15, -0.1) is 0 Å². The van der Waals surface area contributed by atoms with Crippen LogP contribution < -0.4 is 0 Å². The Bertz CT molecular complexity index is 1150. The molecule has 0 bridgehead atoms. The second-order valence-electron chi connectivity index (χ2n) is 5.66. The van der Waals surface area contributed by atoms with E-state index in [-0.39, 0.29) is 11.3 Å². The zero-order chi connectivity index (χ0) is 19.9. The Morgan fingerprint density at radius 1 is 0.679 bits per heavy atom. The molecule has 0 fully saturated rings. The molecule has 3 rings (SSSR count). The number of nitriles is 1. The van der Waals surface area contributed by atoms with Crippen LogP contribution in [0.15, 0.2) is 60.7 Å². The molecule has 0 heterocycles. The molecule has 3 aromatic rings. The van der Waals surface area contributed by atoms with Crippen molar-refractivity contribution in [3.8, 4) is 29.8 Å². The molecule has 0 N–H and O–H groups in total. The summed E-state index contributed by atoms with van der Waals surface area (Å²) in [6.45, 7) is 6.84. The summed E-state index contributed by atoms with van der Waals surface area (Å²) in [6, 6.07) is 17.3. The molecule has 0 spiro atoms. The van der Waals surface area contributed by atoms with E-state index in [4.69, 9.17) is 11.8 Å². The highest BCUT2D eigenvalue weighted by Gasteiger charge is 2.01. The maximum atomic E-state index is 13.6. The molecule has 0 saturated carbocycles. The van der Waals surface area contributed by atoms with Gasteiger partial charge in [-0.1, -0.05) is 35.8 Å². The Morgan fingerprint density at radius 3 is 1.61 bits per heavy atom. The molecule has 130 valence electrons. The molecular formula is C24H10F2N2. The molecule has 0 aliphatic heterocycles. The van der Waals surface area contributed by atoms with Crippen LogP contribution in [-0.2, 0) is 0 Å². The Labute approximate surface area is 161 Å². The summed E-state index contributed by atoms with van der Waals surface area (Å²) in [5.74, 6) is 10.4. The third-order valence-corrected chi connectivity index (χ3v) is 3.74. The van der Waals surface area contributed by atoms with Crippen molar-refractivity contribution < 1.29 is 8.78 Å². The smallest absolute Gasteiger partial charge is 0.222 e. The molecule has 2 nitrogen and oxygen atoms in total. The molecule has 28 heavy (non-hydrogen) atoms. The lowest BCUT2D eigenvalue weighted by Gasteiger charge is -1.95. The molecule has 3 aromatic carbocycles. The van der Waals surface area contributed by atoms with Crippen molar-refractivity contribution in [3.05, 3.63) is 112 Å². The van der Waals surface area contributed by atoms with E-state index in [1.807, 2.05) is 0 Å². The molecule has 0 atom stereocenters. The highest BCUT2D eigenvalue weighted by Crippen LogP contribution is 2.18. The largest absolute Gasteiger partial charge is 0.235 e. The second kappa shape index (κ2) is 8.33. The van der Waals surface area contributed by atoms with Crippen molar-refractivity contribution in [2.24, 2.45) is 0 Å². The minimum absolute atomic E-state index is 0.0166. The summed E-state index contributed by atoms with van der Waals surface area (Å²) < 4.78 is 27.2. The van der Waals surface area contributed by atoms with Gasteiger partial charge >= 0.3 is 0 Å². The van der Waals surface area contributed by atoms with E-state index in [0.29, 0.717) is 11.1 Å². The maximum absolute atomic E-state index is 13.6. The van der Waals surface area contributed by atoms with Crippen LogP contribution in [0.25, 0.3) is 4.85 Å². The van der Waals surface area contributed by atoms with Crippen LogP contribution in [0.3, 0.4) is 0 Å². The Balaban J connectivity index is 1.75. The van der Waals surface area contributed by atoms with Crippen LogP contribution >= 0.6 is 0 Å². The number of benzene rings is 3. The van der Waals surface area contributed by atoms with Crippen molar-refractivity contribution in [3.63, 3.8) is 0 Å². The van der Waals surface area contributed by atoms with Gasteiger partial charge < -0.3 is 0 Å². The minimum atomic E-state index is -0.596. The number of hydrogen-bond donors (Lipinski definition) is 0. The Hall–Kier alpha value is -4.38. The minimum Gasteiger partial charge on any atom is -0.235 e. The summed E-state index contributed by atoms with van der Waals surface area (Å²) in [4.78, 5) is 3.07. The van der Waals surface area contributed by atoms with E-state index in [9.17, 15) is 8.78 Å². The van der Waals surface area contributed by atoms with Gasteiger partial charge in [-0.05, 0) is 48.5 Å². The van der Waals surface area contributed by atoms with Gasteiger partial charge in [0.1, 0.15) is 17.7 Å². The first-order chi connectivity index (χ1) is 13.6. The lowest BCUT2D eigenvalue weighted by atomic mass is 10.1. The van der Waals surface area contributed by atoms with E-state index in [1.165, 1.54) is 24.3 Å². The molecule has 0 saturated heterocycles. The molecule has 0 amide bonds. The molecule has 0 aliphatic carbocycles. The average molecular weight is 364 g/mol. The highest BCUT2D eigenvalue weighted by molar-refractivity contribution is 5.52. The predicted molar refractivity (Wildman–Crippen MR) is 102 cm³/mol. The molecule has 0 aromatic heterocycles. The van der Waals surface area contributed by atoms with E-state index < -0.39 is 11.6 Å². The van der Waals surface area contributed by atoms with Crippen LogP contribution in [0.5, 0.6) is 0 Å². The Morgan fingerprint density at radius 2 is 1.14 bits per heavy atom. The van der Waals surface area contributed by atoms with Gasteiger partial charge in [-0.3, -0.25) is 0 Å². The van der Waals surface area contributed by atoms with Gasteiger partial charge in [0.15, 0.2) is 0 Å². The maximum Gasteiger partial charge on any atom is 0.222 e. The lowest BCUT2D eigenvalue weighted by Crippen LogP contribution is -1.85. The zero-order valence-corrected chi connectivity index (χ0v) is 14.4. The standard InChI is InChI=1S/C24H10F2N2/c1-28-24-13-11-20(15-23(24)26)9-7-18-4-2-17(3-5-18)6-8-19-10-12-21(16-27)22(25)14-19/h2-5,10-15H. The van der Waals surface area contributed by atoms with Gasteiger partial charge in [0, 0.05) is 22.3 Å². The van der Waals surface area contributed by atoms with Gasteiger partial charge in [0.05, 0.1) is 12.1 Å². The topological polar surface area (TPSA) is 28.1 Å². The Kier molecular flexibility index (Phi) is 5.48. The molecular weight excluding hydrogens is 354 g/mol. The lowest BCUT2D eigenvalue weighted by molar-refractivity contribution is 0.623. The monoisotopic (exact) mass is 364 g/mol. The third-order valence-electron chi connectivity index (χ3n) is 3.74. The number of halogens is 2. The fraction of sp³-hybridized carbons (Fsp3) is 0. The van der Waals surface area contributed by atoms with Crippen molar-refractivity contribution in [1.29, 1.82) is 5.26 Å². The zero-order valence-electron chi connectivity index (χ0n) is 14.4. The van der Waals surface area contributed by atoms with Crippen molar-refractivity contribution in [1.82, 2.24) is 0 Å².